The summed E-state index contributed by atoms with van der Waals surface area (Å²) in [5.74, 6) is -1.71. The van der Waals surface area contributed by atoms with Crippen LogP contribution in [0.15, 0.2) is 35.8 Å². The number of aromatic nitrogens is 3. The maximum Gasteiger partial charge on any atom is 0.406 e. The molecule has 1 saturated carbocycles. The van der Waals surface area contributed by atoms with Crippen LogP contribution in [0, 0.1) is 11.3 Å². The number of methoxy groups -OCH3 is 1. The molecule has 1 aromatic carbocycles. The number of hydrazine groups is 1. The molecule has 7 aliphatic rings. The Balaban J connectivity index is 0.914. The van der Waals surface area contributed by atoms with E-state index in [1.54, 1.807) is 44.4 Å². The predicted octanol–water partition coefficient (Wildman–Crippen LogP) is 4.74. The highest BCUT2D eigenvalue weighted by Crippen LogP contribution is 2.45. The smallest absolute Gasteiger partial charge is 0.406 e. The highest BCUT2D eigenvalue weighted by molar-refractivity contribution is 7.10. The van der Waals surface area contributed by atoms with Gasteiger partial charge in [0.2, 0.25) is 17.7 Å². The molecule has 1 spiro atoms. The van der Waals surface area contributed by atoms with Gasteiger partial charge in [-0.1, -0.05) is 33.8 Å². The number of hydrogen-bond donors (Lipinski definition) is 2. The third-order valence-corrected chi connectivity index (χ3v) is 18.5. The van der Waals surface area contributed by atoms with E-state index in [9.17, 15) is 24.0 Å². The number of hydrogen-bond acceptors (Lipinski definition) is 16. The minimum absolute atomic E-state index is 0.00299. The molecule has 6 aliphatic heterocycles. The molecular weight excluding hydrogens is 1090 g/mol. The van der Waals surface area contributed by atoms with Crippen molar-refractivity contribution in [3.63, 3.8) is 0 Å². The van der Waals surface area contributed by atoms with Crippen molar-refractivity contribution in [1.29, 1.82) is 0 Å². The Labute approximate surface area is 486 Å². The Bertz CT molecular complexity index is 3110. The van der Waals surface area contributed by atoms with Crippen LogP contribution in [0.25, 0.3) is 33.4 Å². The molecular formula is C59H79F3N12O8S. The van der Waals surface area contributed by atoms with Crippen LogP contribution in [0.5, 0.6) is 0 Å². The third-order valence-electron chi connectivity index (χ3n) is 17.7. The topological polar surface area (TPSA) is 190 Å². The van der Waals surface area contributed by atoms with Crippen molar-refractivity contribution in [2.75, 3.05) is 111 Å². The number of carbonyl (C=O) groups is 5. The normalized spacial score (nSPS) is 25.0. The third kappa shape index (κ3) is 12.7. The number of anilines is 1. The zero-order valence-electron chi connectivity index (χ0n) is 48.9. The van der Waals surface area contributed by atoms with Crippen molar-refractivity contribution in [3.05, 3.63) is 52.1 Å². The number of thiazole rings is 1. The fourth-order valence-corrected chi connectivity index (χ4v) is 13.8. The fourth-order valence-electron chi connectivity index (χ4n) is 12.9. The SMILES string of the molecule is CO[C@@H](C)c1ncc(N2CCN(C3CC3)CC2)cc1-c1c2c3cc(ccc3n1CC(F)(F)F)-c1csc(n1)C[C@H](NC(=O)[C@H](C(C)C)N1CCOC3(CN(C(=O)[C@H]4CN4CC(=O)N(C)C)C3)C1)C(=O)N1CCC[C@H](N1)C(=O)OCC(C)(C)C2. The van der Waals surface area contributed by atoms with Gasteiger partial charge < -0.3 is 38.8 Å². The second kappa shape index (κ2) is 23.3. The Morgan fingerprint density at radius 3 is 2.46 bits per heavy atom. The standard InChI is InChI=1S/C59H79F3N12O8S/c1-35(2)51(70-20-21-82-58(30-70)31-72(32-58)55(78)47-27-71(47)28-49(75)67(6)7)53(76)65-44-24-48-64-45(29-83-48)37-11-14-46-40(22-37)42(25-57(4,5)34-81-56(79)43-10-9-15-74(66-43)54(44)77)52(73(46)33-59(60,61)62)41-23-39(26-63-50(41)36(3)80-8)69-18-16-68(17-19-69)38-12-13-38/h11,14,22-23,26,29,35-36,38,43-44,47,51,66H,9-10,12-13,15-21,24-25,27-28,30-34H2,1-8H3,(H,65,76)/t36-,43-,44-,47+,51-,71?/m0/s1. The largest absolute Gasteiger partial charge is 0.464 e. The van der Waals surface area contributed by atoms with Gasteiger partial charge in [-0.15, -0.1) is 11.3 Å². The maximum absolute atomic E-state index is 15.2. The number of rotatable bonds is 13. The van der Waals surface area contributed by atoms with Crippen molar-refractivity contribution in [3.8, 4) is 22.5 Å². The minimum Gasteiger partial charge on any atom is -0.464 e. The molecule has 20 nitrogen and oxygen atoms in total. The molecule has 1 aliphatic carbocycles. The van der Waals surface area contributed by atoms with Crippen molar-refractivity contribution in [2.45, 2.75) is 128 Å². The van der Waals surface area contributed by atoms with Crippen LogP contribution in [0.3, 0.4) is 0 Å². The van der Waals surface area contributed by atoms with E-state index in [0.29, 0.717) is 108 Å². The Kier molecular flexibility index (Phi) is 16.5. The summed E-state index contributed by atoms with van der Waals surface area (Å²) >= 11 is 1.31. The van der Waals surface area contributed by atoms with Gasteiger partial charge in [0.15, 0.2) is 0 Å². The van der Waals surface area contributed by atoms with Gasteiger partial charge >= 0.3 is 12.1 Å². The van der Waals surface area contributed by atoms with Crippen LogP contribution in [0.2, 0.25) is 0 Å². The van der Waals surface area contributed by atoms with Gasteiger partial charge in [-0.3, -0.25) is 48.7 Å². The maximum atomic E-state index is 15.2. The van der Waals surface area contributed by atoms with E-state index in [1.165, 1.54) is 38.7 Å². The minimum atomic E-state index is -4.62. The van der Waals surface area contributed by atoms with Crippen LogP contribution in [0.4, 0.5) is 18.9 Å². The first-order valence-electron chi connectivity index (χ1n) is 29.3. The van der Waals surface area contributed by atoms with Crippen LogP contribution in [-0.4, -0.2) is 222 Å². The average molecular weight is 1170 g/mol. The molecule has 6 fully saturated rings. The number of morpholine rings is 1. The second-order valence-corrected chi connectivity index (χ2v) is 26.2. The lowest BCUT2D eigenvalue weighted by molar-refractivity contribution is -0.197. The van der Waals surface area contributed by atoms with E-state index in [-0.39, 0.29) is 62.2 Å². The van der Waals surface area contributed by atoms with Gasteiger partial charge in [-0.05, 0) is 68.7 Å². The van der Waals surface area contributed by atoms with E-state index in [4.69, 9.17) is 24.2 Å². The quantitative estimate of drug-likeness (QED) is 0.138. The number of benzene rings is 1. The van der Waals surface area contributed by atoms with Crippen molar-refractivity contribution < 1.29 is 51.4 Å². The number of halogens is 3. The first-order valence-corrected chi connectivity index (χ1v) is 30.2. The summed E-state index contributed by atoms with van der Waals surface area (Å²) in [7, 11) is 4.94. The predicted molar refractivity (Wildman–Crippen MR) is 306 cm³/mol. The summed E-state index contributed by atoms with van der Waals surface area (Å²) in [6.45, 7) is 14.3. The summed E-state index contributed by atoms with van der Waals surface area (Å²) in [6, 6.07) is 4.91. The van der Waals surface area contributed by atoms with Gasteiger partial charge in [0.05, 0.1) is 79.0 Å². The zero-order valence-corrected chi connectivity index (χ0v) is 49.7. The summed E-state index contributed by atoms with van der Waals surface area (Å²) in [5.41, 5.74) is 6.02. The molecule has 83 heavy (non-hydrogen) atoms. The summed E-state index contributed by atoms with van der Waals surface area (Å²) in [4.78, 5) is 91.8. The number of fused-ring (bicyclic) bond motifs is 6. The van der Waals surface area contributed by atoms with Gasteiger partial charge in [0.25, 0.3) is 5.91 Å². The number of pyridine rings is 1. The number of amides is 4. The number of nitrogens with one attached hydrogen (secondary N) is 2. The lowest BCUT2D eigenvalue weighted by Crippen LogP contribution is -2.73. The van der Waals surface area contributed by atoms with Crippen LogP contribution in [0.1, 0.15) is 82.7 Å². The Hall–Kier alpha value is -5.76. The molecule has 450 valence electrons. The number of nitrogens with zero attached hydrogens (tertiary/aromatic N) is 10. The van der Waals surface area contributed by atoms with E-state index in [0.717, 1.165) is 31.9 Å². The van der Waals surface area contributed by atoms with Gasteiger partial charge in [-0.25, -0.2) is 10.4 Å². The van der Waals surface area contributed by atoms with Crippen molar-refractivity contribution >= 4 is 57.5 Å². The fraction of sp³-hybridized carbons (Fsp3) is 0.644. The van der Waals surface area contributed by atoms with Crippen molar-refractivity contribution in [2.24, 2.45) is 11.3 Å². The molecule has 0 radical (unpaired) electrons. The monoisotopic (exact) mass is 1170 g/mol. The lowest BCUT2D eigenvalue weighted by Gasteiger charge is -2.55. The molecule has 6 atom stereocenters. The number of piperazine rings is 1. The molecule has 5 saturated heterocycles. The molecule has 11 rings (SSSR count). The molecule has 2 N–H and O–H groups in total. The van der Waals surface area contributed by atoms with Gasteiger partial charge in [-0.2, -0.15) is 13.2 Å². The molecule has 9 heterocycles. The molecule has 4 amide bonds. The highest BCUT2D eigenvalue weighted by atomic mass is 32.1. The number of alkyl halides is 3. The van der Waals surface area contributed by atoms with Gasteiger partial charge in [0.1, 0.15) is 30.3 Å². The number of carbonyl (C=O) groups excluding carboxylic acids is 5. The van der Waals surface area contributed by atoms with E-state index < -0.39 is 59.8 Å². The number of likely N-dealkylation sites (N-methyl/N-ethyl adjacent to an activating group) is 1. The average Bonchev–Trinajstić information content (AvgIpc) is 2.02. The van der Waals surface area contributed by atoms with Crippen LogP contribution < -0.4 is 15.6 Å². The Morgan fingerprint density at radius 1 is 1.00 bits per heavy atom. The molecule has 1 unspecified atom stereocenters. The Morgan fingerprint density at radius 2 is 1.76 bits per heavy atom. The van der Waals surface area contributed by atoms with Crippen LogP contribution in [-0.2, 0) is 57.6 Å². The molecule has 4 aromatic rings. The summed E-state index contributed by atoms with van der Waals surface area (Å²) in [5, 5.41) is 7.51. The molecule has 6 bridgehead atoms. The van der Waals surface area contributed by atoms with E-state index in [2.05, 4.69) is 25.4 Å². The molecule has 3 aromatic heterocycles. The number of likely N-dealkylation sites (tertiary alicyclic amines) is 1. The second-order valence-electron chi connectivity index (χ2n) is 25.3. The number of esters is 1. The van der Waals surface area contributed by atoms with Crippen molar-refractivity contribution in [1.82, 2.24) is 54.8 Å². The highest BCUT2D eigenvalue weighted by Gasteiger charge is 2.55. The lowest BCUT2D eigenvalue weighted by atomic mass is 9.84. The summed E-state index contributed by atoms with van der Waals surface area (Å²) in [6.07, 6.45) is 0.0641. The zero-order chi connectivity index (χ0) is 58.9. The van der Waals surface area contributed by atoms with Crippen LogP contribution >= 0.6 is 11.3 Å². The first-order chi connectivity index (χ1) is 39.5. The molecule has 24 heteroatoms. The first kappa shape index (κ1) is 59.0. The van der Waals surface area contributed by atoms with E-state index >= 15 is 13.2 Å². The summed E-state index contributed by atoms with van der Waals surface area (Å²) < 4.78 is 65.2. The van der Waals surface area contributed by atoms with E-state index in [1.807, 2.05) is 57.0 Å². The number of ether oxygens (including phenoxy) is 3. The number of cyclic esters (lactones) is 1. The van der Waals surface area contributed by atoms with Gasteiger partial charge in [0, 0.05) is 119 Å².